The molecular weight excluding hydrogens is 418 g/mol. The number of nitrogens with one attached hydrogen (secondary N) is 1. The minimum atomic E-state index is -0.0581. The Morgan fingerprint density at radius 1 is 1.00 bits per heavy atom. The van der Waals surface area contributed by atoms with E-state index in [2.05, 4.69) is 5.32 Å². The molecule has 0 saturated carbocycles. The van der Waals surface area contributed by atoms with Crippen molar-refractivity contribution in [2.75, 3.05) is 45.7 Å². The highest BCUT2D eigenvalue weighted by atomic mass is 16.5. The number of rotatable bonds is 6. The number of methoxy groups -OCH3 is 2. The minimum absolute atomic E-state index is 0.0581. The van der Waals surface area contributed by atoms with Gasteiger partial charge in [-0.3, -0.25) is 4.79 Å². The van der Waals surface area contributed by atoms with Crippen LogP contribution in [0, 0.1) is 11.8 Å². The van der Waals surface area contributed by atoms with Crippen molar-refractivity contribution in [1.29, 1.82) is 0 Å². The second kappa shape index (κ2) is 10.6. The summed E-state index contributed by atoms with van der Waals surface area (Å²) >= 11 is 0. The number of carbonyl (C=O) groups is 2. The van der Waals surface area contributed by atoms with Gasteiger partial charge in [0.2, 0.25) is 5.91 Å². The third-order valence-electron chi connectivity index (χ3n) is 6.90. The molecule has 1 N–H and O–H groups in total. The molecule has 4 rings (SSSR count). The van der Waals surface area contributed by atoms with Crippen LogP contribution in [0.3, 0.4) is 0 Å². The molecule has 3 amide bonds. The molecule has 2 saturated heterocycles. The summed E-state index contributed by atoms with van der Waals surface area (Å²) in [5.74, 6) is 2.34. The van der Waals surface area contributed by atoms with Crippen molar-refractivity contribution in [3.05, 3.63) is 54.1 Å². The van der Waals surface area contributed by atoms with E-state index in [1.807, 2.05) is 58.3 Å². The first-order valence-corrected chi connectivity index (χ1v) is 11.7. The lowest BCUT2D eigenvalue weighted by atomic mass is 9.82. The van der Waals surface area contributed by atoms with Gasteiger partial charge in [0.05, 0.1) is 14.2 Å². The van der Waals surface area contributed by atoms with Crippen LogP contribution < -0.4 is 14.8 Å². The lowest BCUT2D eigenvalue weighted by Gasteiger charge is -2.37. The first-order chi connectivity index (χ1) is 16.1. The van der Waals surface area contributed by atoms with E-state index < -0.39 is 0 Å². The number of urea groups is 1. The third-order valence-corrected chi connectivity index (χ3v) is 6.90. The third kappa shape index (κ3) is 5.41. The van der Waals surface area contributed by atoms with Gasteiger partial charge in [0.1, 0.15) is 0 Å². The van der Waals surface area contributed by atoms with Crippen LogP contribution in [0.1, 0.15) is 24.8 Å². The van der Waals surface area contributed by atoms with Gasteiger partial charge >= 0.3 is 6.03 Å². The largest absolute Gasteiger partial charge is 0.493 e. The van der Waals surface area contributed by atoms with Crippen molar-refractivity contribution in [2.45, 2.75) is 25.7 Å². The van der Waals surface area contributed by atoms with Gasteiger partial charge in [-0.05, 0) is 54.9 Å². The number of fused-ring (bicyclic) bond motifs is 1. The standard InChI is InChI=1S/C26H33N3O4/c1-32-23-10-6-7-19(25(23)33-2)11-14-28-15-13-21-18-29(16-12-20(21)17-24(28)30)26(31)27-22-8-4-3-5-9-22/h3-10,20-21H,11-18H2,1-2H3,(H,27,31)/t20-,21-/m0/s1. The topological polar surface area (TPSA) is 71.1 Å². The van der Waals surface area contributed by atoms with Gasteiger partial charge in [-0.1, -0.05) is 30.3 Å². The highest BCUT2D eigenvalue weighted by Crippen LogP contribution is 2.34. The van der Waals surface area contributed by atoms with E-state index in [4.69, 9.17) is 9.47 Å². The van der Waals surface area contributed by atoms with Crippen molar-refractivity contribution >= 4 is 17.6 Å². The van der Waals surface area contributed by atoms with Crippen molar-refractivity contribution in [1.82, 2.24) is 9.80 Å². The van der Waals surface area contributed by atoms with Crippen LogP contribution in [-0.2, 0) is 11.2 Å². The fraction of sp³-hybridized carbons (Fsp3) is 0.462. The van der Waals surface area contributed by atoms with Crippen LogP contribution in [0.5, 0.6) is 11.5 Å². The van der Waals surface area contributed by atoms with Crippen LogP contribution in [0.2, 0.25) is 0 Å². The van der Waals surface area contributed by atoms with Crippen LogP contribution in [0.25, 0.3) is 0 Å². The Morgan fingerprint density at radius 2 is 1.79 bits per heavy atom. The minimum Gasteiger partial charge on any atom is -0.493 e. The number of hydrogen-bond acceptors (Lipinski definition) is 4. The Hall–Kier alpha value is -3.22. The maximum atomic E-state index is 13.0. The second-order valence-corrected chi connectivity index (χ2v) is 8.83. The van der Waals surface area contributed by atoms with E-state index in [1.165, 1.54) is 0 Å². The molecule has 176 valence electrons. The quantitative estimate of drug-likeness (QED) is 0.720. The monoisotopic (exact) mass is 451 g/mol. The number of benzene rings is 2. The molecule has 2 atom stereocenters. The normalized spacial score (nSPS) is 20.6. The summed E-state index contributed by atoms with van der Waals surface area (Å²) in [4.78, 5) is 29.6. The van der Waals surface area contributed by atoms with E-state index in [0.717, 1.165) is 36.4 Å². The fourth-order valence-corrected chi connectivity index (χ4v) is 5.03. The smallest absolute Gasteiger partial charge is 0.321 e. The second-order valence-electron chi connectivity index (χ2n) is 8.83. The van der Waals surface area contributed by atoms with Gasteiger partial charge in [0, 0.05) is 38.3 Å². The molecule has 0 aliphatic carbocycles. The summed E-state index contributed by atoms with van der Waals surface area (Å²) < 4.78 is 10.9. The van der Waals surface area contributed by atoms with Gasteiger partial charge in [0.15, 0.2) is 11.5 Å². The van der Waals surface area contributed by atoms with E-state index in [1.54, 1.807) is 14.2 Å². The van der Waals surface area contributed by atoms with E-state index in [-0.39, 0.29) is 11.9 Å². The zero-order valence-electron chi connectivity index (χ0n) is 19.5. The van der Waals surface area contributed by atoms with Crippen LogP contribution in [-0.4, -0.2) is 62.1 Å². The summed E-state index contributed by atoms with van der Waals surface area (Å²) in [6.07, 6.45) is 3.07. The average molecular weight is 452 g/mol. The number of anilines is 1. The summed E-state index contributed by atoms with van der Waals surface area (Å²) in [6.45, 7) is 2.77. The molecule has 33 heavy (non-hydrogen) atoms. The summed E-state index contributed by atoms with van der Waals surface area (Å²) in [7, 11) is 3.27. The van der Waals surface area contributed by atoms with E-state index >= 15 is 0 Å². The number of nitrogens with zero attached hydrogens (tertiary/aromatic N) is 2. The number of likely N-dealkylation sites (tertiary alicyclic amines) is 2. The Morgan fingerprint density at radius 3 is 2.55 bits per heavy atom. The molecule has 0 radical (unpaired) electrons. The number of piperidine rings is 1. The van der Waals surface area contributed by atoms with Crippen LogP contribution in [0.4, 0.5) is 10.5 Å². The van der Waals surface area contributed by atoms with Crippen LogP contribution in [0.15, 0.2) is 48.5 Å². The highest BCUT2D eigenvalue weighted by molar-refractivity contribution is 5.89. The number of carbonyl (C=O) groups excluding carboxylic acids is 2. The average Bonchev–Trinajstić information content (AvgIpc) is 3.00. The Labute approximate surface area is 195 Å². The molecule has 0 unspecified atom stereocenters. The Bertz CT molecular complexity index is 965. The van der Waals surface area contributed by atoms with Gasteiger partial charge in [-0.25, -0.2) is 4.79 Å². The lowest BCUT2D eigenvalue weighted by molar-refractivity contribution is -0.131. The lowest BCUT2D eigenvalue weighted by Crippen LogP contribution is -2.45. The van der Waals surface area contributed by atoms with E-state index in [0.29, 0.717) is 50.1 Å². The van der Waals surface area contributed by atoms with Crippen molar-refractivity contribution in [3.8, 4) is 11.5 Å². The first-order valence-electron chi connectivity index (χ1n) is 11.7. The molecule has 2 aliphatic rings. The molecule has 2 aromatic rings. The molecule has 0 aromatic heterocycles. The van der Waals surface area contributed by atoms with Gasteiger partial charge in [-0.2, -0.15) is 0 Å². The van der Waals surface area contributed by atoms with Crippen molar-refractivity contribution in [2.24, 2.45) is 11.8 Å². The number of ether oxygens (including phenoxy) is 2. The zero-order valence-corrected chi connectivity index (χ0v) is 19.5. The maximum absolute atomic E-state index is 13.0. The number of para-hydroxylation sites is 2. The Kier molecular flexibility index (Phi) is 7.37. The number of hydrogen-bond donors (Lipinski definition) is 1. The molecule has 7 nitrogen and oxygen atoms in total. The molecule has 0 spiro atoms. The molecule has 2 aliphatic heterocycles. The first kappa shape index (κ1) is 23.0. The molecular formula is C26H33N3O4. The van der Waals surface area contributed by atoms with E-state index in [9.17, 15) is 9.59 Å². The van der Waals surface area contributed by atoms with Crippen molar-refractivity contribution < 1.29 is 19.1 Å². The molecule has 2 heterocycles. The predicted molar refractivity (Wildman–Crippen MR) is 128 cm³/mol. The van der Waals surface area contributed by atoms with Crippen LogP contribution >= 0.6 is 0 Å². The predicted octanol–water partition coefficient (Wildman–Crippen LogP) is 4.04. The summed E-state index contributed by atoms with van der Waals surface area (Å²) in [6, 6.07) is 15.3. The molecule has 7 heteroatoms. The van der Waals surface area contributed by atoms with Gasteiger partial charge in [0.25, 0.3) is 0 Å². The molecule has 2 aromatic carbocycles. The summed E-state index contributed by atoms with van der Waals surface area (Å²) in [5, 5.41) is 2.99. The SMILES string of the molecule is COc1cccc(CCN2CC[C@H]3CN(C(=O)Nc4ccccc4)CC[C@H]3CC2=O)c1OC. The van der Waals surface area contributed by atoms with Gasteiger partial charge < -0.3 is 24.6 Å². The summed E-state index contributed by atoms with van der Waals surface area (Å²) in [5.41, 5.74) is 1.84. The molecule has 2 fully saturated rings. The number of amides is 3. The maximum Gasteiger partial charge on any atom is 0.321 e. The molecule has 0 bridgehead atoms. The fourth-order valence-electron chi connectivity index (χ4n) is 5.03. The highest BCUT2D eigenvalue weighted by Gasteiger charge is 2.36. The zero-order chi connectivity index (χ0) is 23.2. The van der Waals surface area contributed by atoms with Gasteiger partial charge in [-0.15, -0.1) is 0 Å². The Balaban J connectivity index is 1.35. The van der Waals surface area contributed by atoms with Crippen molar-refractivity contribution in [3.63, 3.8) is 0 Å².